The van der Waals surface area contributed by atoms with Gasteiger partial charge in [-0.25, -0.2) is 0 Å². The molecule has 3 N–H and O–H groups in total. The molecule has 2 amide bonds. The number of ether oxygens (including phenoxy) is 1. The third-order valence-corrected chi connectivity index (χ3v) is 4.67. The van der Waals surface area contributed by atoms with E-state index in [0.29, 0.717) is 39.1 Å². The summed E-state index contributed by atoms with van der Waals surface area (Å²) in [7, 11) is 0. The molecule has 6 nitrogen and oxygen atoms in total. The van der Waals surface area contributed by atoms with Crippen LogP contribution in [0.25, 0.3) is 0 Å². The Hall–Kier alpha value is -1.63. The van der Waals surface area contributed by atoms with E-state index >= 15 is 0 Å². The van der Waals surface area contributed by atoms with Gasteiger partial charge in [0.1, 0.15) is 6.04 Å². The van der Waals surface area contributed by atoms with Crippen molar-refractivity contribution < 1.29 is 14.3 Å². The monoisotopic (exact) mass is 397 g/mol. The van der Waals surface area contributed by atoms with E-state index in [-0.39, 0.29) is 36.2 Å². The largest absolute Gasteiger partial charge is 0.379 e. The number of piperidine rings is 1. The van der Waals surface area contributed by atoms with Gasteiger partial charge < -0.3 is 20.7 Å². The summed E-state index contributed by atoms with van der Waals surface area (Å²) in [5.74, 6) is -0.0205. The lowest BCUT2D eigenvalue weighted by molar-refractivity contribution is -0.136. The number of halogens is 1. The summed E-state index contributed by atoms with van der Waals surface area (Å²) < 4.78 is 5.46. The molecule has 7 heteroatoms. The van der Waals surface area contributed by atoms with Crippen LogP contribution in [0.5, 0.6) is 0 Å². The molecule has 2 rings (SSSR count). The van der Waals surface area contributed by atoms with Crippen molar-refractivity contribution in [3.8, 4) is 0 Å². The molecule has 1 saturated heterocycles. The standard InChI is InChI=1S/C20H31N3O3.ClH/c1-15(2)26-14-6-11-22-19(24)17-9-12-23(13-10-17)20(25)18(21)16-7-4-3-5-8-16;/h3-5,7-8,15,17-18H,6,9-14,21H2,1-2H3,(H,22,24);1H. The number of amides is 2. The van der Waals surface area contributed by atoms with E-state index in [1.54, 1.807) is 4.90 Å². The Kier molecular flexibility index (Phi) is 10.4. The van der Waals surface area contributed by atoms with E-state index in [0.717, 1.165) is 12.0 Å². The number of nitrogens with one attached hydrogen (secondary N) is 1. The zero-order chi connectivity index (χ0) is 18.9. The molecule has 1 unspecified atom stereocenters. The second kappa shape index (κ2) is 12.0. The maximum atomic E-state index is 12.6. The summed E-state index contributed by atoms with van der Waals surface area (Å²) in [6.45, 7) is 6.43. The summed E-state index contributed by atoms with van der Waals surface area (Å²) in [6, 6.07) is 8.76. The van der Waals surface area contributed by atoms with Crippen LogP contribution in [0.2, 0.25) is 0 Å². The van der Waals surface area contributed by atoms with E-state index in [4.69, 9.17) is 10.5 Å². The fourth-order valence-corrected chi connectivity index (χ4v) is 3.11. The molecule has 0 radical (unpaired) electrons. The smallest absolute Gasteiger partial charge is 0.244 e. The van der Waals surface area contributed by atoms with Crippen molar-refractivity contribution >= 4 is 24.2 Å². The number of nitrogens with zero attached hydrogens (tertiary/aromatic N) is 1. The first kappa shape index (κ1) is 23.4. The summed E-state index contributed by atoms with van der Waals surface area (Å²) in [5, 5.41) is 2.97. The SMILES string of the molecule is CC(C)OCCCNC(=O)C1CCN(C(=O)C(N)c2ccccc2)CC1.Cl. The normalized spacial score (nSPS) is 15.9. The zero-order valence-corrected chi connectivity index (χ0v) is 17.0. The van der Waals surface area contributed by atoms with Crippen LogP contribution in [0.1, 0.15) is 44.7 Å². The Balaban J connectivity index is 0.00000364. The number of carbonyl (C=O) groups is 2. The Labute approximate surface area is 168 Å². The van der Waals surface area contributed by atoms with Crippen LogP contribution in [-0.2, 0) is 14.3 Å². The summed E-state index contributed by atoms with van der Waals surface area (Å²) in [4.78, 5) is 26.6. The van der Waals surface area contributed by atoms with E-state index in [1.165, 1.54) is 0 Å². The van der Waals surface area contributed by atoms with E-state index < -0.39 is 6.04 Å². The molecule has 152 valence electrons. The minimum atomic E-state index is -0.637. The van der Waals surface area contributed by atoms with Crippen molar-refractivity contribution in [3.05, 3.63) is 35.9 Å². The third kappa shape index (κ3) is 7.48. The van der Waals surface area contributed by atoms with Crippen LogP contribution in [0.15, 0.2) is 30.3 Å². The molecule has 1 aromatic carbocycles. The van der Waals surface area contributed by atoms with Gasteiger partial charge in [0.2, 0.25) is 11.8 Å². The van der Waals surface area contributed by atoms with Crippen LogP contribution in [-0.4, -0.2) is 49.1 Å². The zero-order valence-electron chi connectivity index (χ0n) is 16.2. The van der Waals surface area contributed by atoms with Gasteiger partial charge in [0.15, 0.2) is 0 Å². The van der Waals surface area contributed by atoms with Crippen molar-refractivity contribution in [2.45, 2.75) is 45.3 Å². The lowest BCUT2D eigenvalue weighted by Gasteiger charge is -2.33. The first-order valence-electron chi connectivity index (χ1n) is 9.47. The van der Waals surface area contributed by atoms with Crippen molar-refractivity contribution in [2.75, 3.05) is 26.2 Å². The van der Waals surface area contributed by atoms with Crippen molar-refractivity contribution in [3.63, 3.8) is 0 Å². The van der Waals surface area contributed by atoms with Crippen LogP contribution >= 0.6 is 12.4 Å². The lowest BCUT2D eigenvalue weighted by atomic mass is 9.95. The van der Waals surface area contributed by atoms with Gasteiger partial charge in [-0.1, -0.05) is 30.3 Å². The van der Waals surface area contributed by atoms with Gasteiger partial charge in [0, 0.05) is 32.2 Å². The Morgan fingerprint density at radius 3 is 2.44 bits per heavy atom. The van der Waals surface area contributed by atoms with Gasteiger partial charge in [-0.15, -0.1) is 12.4 Å². The van der Waals surface area contributed by atoms with Crippen molar-refractivity contribution in [1.82, 2.24) is 10.2 Å². The van der Waals surface area contributed by atoms with Gasteiger partial charge in [-0.3, -0.25) is 9.59 Å². The maximum absolute atomic E-state index is 12.6. The first-order chi connectivity index (χ1) is 12.5. The van der Waals surface area contributed by atoms with Gasteiger partial charge in [0.05, 0.1) is 6.10 Å². The topological polar surface area (TPSA) is 84.7 Å². The highest BCUT2D eigenvalue weighted by atomic mass is 35.5. The molecule has 0 saturated carbocycles. The lowest BCUT2D eigenvalue weighted by Crippen LogP contribution is -2.46. The van der Waals surface area contributed by atoms with Gasteiger partial charge in [-0.2, -0.15) is 0 Å². The highest BCUT2D eigenvalue weighted by Crippen LogP contribution is 2.21. The van der Waals surface area contributed by atoms with Crippen molar-refractivity contribution in [2.24, 2.45) is 11.7 Å². The number of likely N-dealkylation sites (tertiary alicyclic amines) is 1. The molecule has 0 aromatic heterocycles. The highest BCUT2D eigenvalue weighted by Gasteiger charge is 2.29. The molecule has 0 spiro atoms. The summed E-state index contributed by atoms with van der Waals surface area (Å²) in [6.07, 6.45) is 2.39. The van der Waals surface area contributed by atoms with Gasteiger partial charge in [-0.05, 0) is 38.7 Å². The van der Waals surface area contributed by atoms with Crippen LogP contribution in [0, 0.1) is 5.92 Å². The third-order valence-electron chi connectivity index (χ3n) is 4.67. The molecule has 0 bridgehead atoms. The quantitative estimate of drug-likeness (QED) is 0.659. The molecule has 1 fully saturated rings. The van der Waals surface area contributed by atoms with Crippen LogP contribution < -0.4 is 11.1 Å². The maximum Gasteiger partial charge on any atom is 0.244 e. The Morgan fingerprint density at radius 2 is 1.85 bits per heavy atom. The van der Waals surface area contributed by atoms with Gasteiger partial charge in [0.25, 0.3) is 0 Å². The van der Waals surface area contributed by atoms with Crippen LogP contribution in [0.3, 0.4) is 0 Å². The number of hydrogen-bond acceptors (Lipinski definition) is 4. The summed E-state index contributed by atoms with van der Waals surface area (Å²) in [5.41, 5.74) is 6.92. The van der Waals surface area contributed by atoms with E-state index in [9.17, 15) is 9.59 Å². The number of rotatable bonds is 8. The molecular formula is C20H32ClN3O3. The number of nitrogens with two attached hydrogens (primary N) is 1. The molecule has 1 aliphatic heterocycles. The predicted octanol–water partition coefficient (Wildman–Crippen LogP) is 2.28. The number of hydrogen-bond donors (Lipinski definition) is 2. The Morgan fingerprint density at radius 1 is 1.22 bits per heavy atom. The molecular weight excluding hydrogens is 366 g/mol. The molecule has 1 aromatic rings. The number of benzene rings is 1. The Bertz CT molecular complexity index is 575. The first-order valence-corrected chi connectivity index (χ1v) is 9.47. The second-order valence-corrected chi connectivity index (χ2v) is 7.05. The van der Waals surface area contributed by atoms with E-state index in [2.05, 4.69) is 5.32 Å². The molecule has 1 heterocycles. The molecule has 1 aliphatic rings. The van der Waals surface area contributed by atoms with Crippen molar-refractivity contribution in [1.29, 1.82) is 0 Å². The van der Waals surface area contributed by atoms with Crippen LogP contribution in [0.4, 0.5) is 0 Å². The fraction of sp³-hybridized carbons (Fsp3) is 0.600. The average Bonchev–Trinajstić information content (AvgIpc) is 2.67. The van der Waals surface area contributed by atoms with E-state index in [1.807, 2.05) is 44.2 Å². The fourth-order valence-electron chi connectivity index (χ4n) is 3.11. The highest BCUT2D eigenvalue weighted by molar-refractivity contribution is 5.85. The molecule has 0 aliphatic carbocycles. The number of carbonyl (C=O) groups excluding carboxylic acids is 2. The minimum Gasteiger partial charge on any atom is -0.379 e. The second-order valence-electron chi connectivity index (χ2n) is 7.05. The minimum absolute atomic E-state index is 0. The summed E-state index contributed by atoms with van der Waals surface area (Å²) >= 11 is 0. The molecule has 27 heavy (non-hydrogen) atoms. The van der Waals surface area contributed by atoms with Gasteiger partial charge >= 0.3 is 0 Å². The molecule has 1 atom stereocenters. The predicted molar refractivity (Wildman–Crippen MR) is 109 cm³/mol. The average molecular weight is 398 g/mol.